The summed E-state index contributed by atoms with van der Waals surface area (Å²) in [6.45, 7) is 9.54. The third kappa shape index (κ3) is 7.42. The fraction of sp³-hybridized carbons (Fsp3) is 0.500. The molecule has 0 saturated heterocycles. The van der Waals surface area contributed by atoms with Gasteiger partial charge >= 0.3 is 0 Å². The van der Waals surface area contributed by atoms with Crippen molar-refractivity contribution in [2.24, 2.45) is 0 Å². The summed E-state index contributed by atoms with van der Waals surface area (Å²) in [5.74, 6) is 1.18. The molecule has 2 amide bonds. The Morgan fingerprint density at radius 3 is 2.28 bits per heavy atom. The summed E-state index contributed by atoms with van der Waals surface area (Å²) >= 11 is 0. The molecule has 3 aromatic rings. The Hall–Kier alpha value is -3.15. The molecule has 6 heteroatoms. The van der Waals surface area contributed by atoms with Crippen LogP contribution in [0.25, 0.3) is 11.0 Å². The van der Waals surface area contributed by atoms with Gasteiger partial charge in [-0.05, 0) is 57.2 Å². The van der Waals surface area contributed by atoms with E-state index in [0.717, 1.165) is 60.9 Å². The van der Waals surface area contributed by atoms with Gasteiger partial charge in [-0.2, -0.15) is 0 Å². The van der Waals surface area contributed by atoms with E-state index in [9.17, 15) is 9.59 Å². The standard InChI is InChI=1S/C30H42N4O2/c1-5-23(3)34(24(4)6-2)30(36)22-33-27-18-13-12-17-26(27)32-28(33)19-11-8-14-20-31-29(35)21-25-15-9-7-10-16-25/h7,9-10,12-13,15-18,23-24H,5-6,8,11,14,19-22H2,1-4H3,(H,31,35). The van der Waals surface area contributed by atoms with Gasteiger partial charge in [-0.3, -0.25) is 9.59 Å². The van der Waals surface area contributed by atoms with Crippen LogP contribution in [0.4, 0.5) is 0 Å². The molecule has 2 aromatic carbocycles. The van der Waals surface area contributed by atoms with Gasteiger partial charge in [-0.25, -0.2) is 4.98 Å². The zero-order valence-corrected chi connectivity index (χ0v) is 22.4. The average Bonchev–Trinajstić information content (AvgIpc) is 3.23. The highest BCUT2D eigenvalue weighted by atomic mass is 16.2. The molecule has 0 bridgehead atoms. The SMILES string of the molecule is CCC(C)N(C(=O)Cn1c(CCCCCNC(=O)Cc2ccccc2)nc2ccccc21)C(C)CC. The molecular weight excluding hydrogens is 448 g/mol. The average molecular weight is 491 g/mol. The maximum absolute atomic E-state index is 13.5. The number of carbonyl (C=O) groups is 2. The number of unbranched alkanes of at least 4 members (excludes halogenated alkanes) is 2. The van der Waals surface area contributed by atoms with Crippen molar-refractivity contribution in [3.8, 4) is 0 Å². The van der Waals surface area contributed by atoms with E-state index in [-0.39, 0.29) is 23.9 Å². The molecule has 2 atom stereocenters. The maximum Gasteiger partial charge on any atom is 0.243 e. The number of aryl methyl sites for hydroxylation is 1. The summed E-state index contributed by atoms with van der Waals surface area (Å²) in [5.41, 5.74) is 2.98. The second-order valence-electron chi connectivity index (χ2n) is 9.74. The molecule has 0 aliphatic heterocycles. The minimum atomic E-state index is 0.0636. The quantitative estimate of drug-likeness (QED) is 0.302. The largest absolute Gasteiger partial charge is 0.356 e. The van der Waals surface area contributed by atoms with Crippen molar-refractivity contribution in [1.29, 1.82) is 0 Å². The van der Waals surface area contributed by atoms with Gasteiger partial charge in [-0.1, -0.05) is 62.7 Å². The zero-order chi connectivity index (χ0) is 25.9. The van der Waals surface area contributed by atoms with Crippen LogP contribution in [0.1, 0.15) is 71.2 Å². The second kappa shape index (κ2) is 13.8. The molecule has 2 unspecified atom stereocenters. The molecule has 0 fully saturated rings. The number of nitrogens with zero attached hydrogens (tertiary/aromatic N) is 3. The van der Waals surface area contributed by atoms with Crippen molar-refractivity contribution in [2.75, 3.05) is 6.54 Å². The molecule has 1 aromatic heterocycles. The number of hydrogen-bond donors (Lipinski definition) is 1. The van der Waals surface area contributed by atoms with Crippen molar-refractivity contribution in [1.82, 2.24) is 19.8 Å². The summed E-state index contributed by atoms with van der Waals surface area (Å²) in [6.07, 6.45) is 6.00. The highest BCUT2D eigenvalue weighted by Crippen LogP contribution is 2.20. The third-order valence-corrected chi connectivity index (χ3v) is 7.05. The summed E-state index contributed by atoms with van der Waals surface area (Å²) in [5, 5.41) is 3.02. The van der Waals surface area contributed by atoms with Crippen molar-refractivity contribution in [3.05, 3.63) is 66.0 Å². The molecule has 1 N–H and O–H groups in total. The molecule has 0 aliphatic carbocycles. The normalized spacial score (nSPS) is 12.9. The number of aromatic nitrogens is 2. The first-order valence-electron chi connectivity index (χ1n) is 13.5. The van der Waals surface area contributed by atoms with Crippen LogP contribution in [0, 0.1) is 0 Å². The van der Waals surface area contributed by atoms with Crippen LogP contribution >= 0.6 is 0 Å². The number of benzene rings is 2. The van der Waals surface area contributed by atoms with Crippen LogP contribution in [0.5, 0.6) is 0 Å². The van der Waals surface area contributed by atoms with Gasteiger partial charge in [-0.15, -0.1) is 0 Å². The van der Waals surface area contributed by atoms with Gasteiger partial charge in [0.1, 0.15) is 12.4 Å². The molecule has 0 aliphatic rings. The van der Waals surface area contributed by atoms with E-state index < -0.39 is 0 Å². The van der Waals surface area contributed by atoms with Gasteiger partial charge in [0.15, 0.2) is 0 Å². The van der Waals surface area contributed by atoms with E-state index in [2.05, 4.69) is 48.5 Å². The number of fused-ring (bicyclic) bond motifs is 1. The number of para-hydroxylation sites is 2. The molecular formula is C30H42N4O2. The number of imidazole rings is 1. The van der Waals surface area contributed by atoms with Crippen molar-refractivity contribution in [2.45, 2.75) is 91.3 Å². The minimum Gasteiger partial charge on any atom is -0.356 e. The lowest BCUT2D eigenvalue weighted by atomic mass is 10.1. The van der Waals surface area contributed by atoms with Crippen LogP contribution in [0.15, 0.2) is 54.6 Å². The first-order valence-corrected chi connectivity index (χ1v) is 13.5. The predicted molar refractivity (Wildman–Crippen MR) is 147 cm³/mol. The predicted octanol–water partition coefficient (Wildman–Crippen LogP) is 5.53. The third-order valence-electron chi connectivity index (χ3n) is 7.05. The number of hydrogen-bond acceptors (Lipinski definition) is 3. The van der Waals surface area contributed by atoms with Crippen molar-refractivity contribution < 1.29 is 9.59 Å². The Morgan fingerprint density at radius 1 is 0.917 bits per heavy atom. The van der Waals surface area contributed by atoms with Gasteiger partial charge < -0.3 is 14.8 Å². The Kier molecular flexibility index (Phi) is 10.5. The lowest BCUT2D eigenvalue weighted by Gasteiger charge is -2.34. The van der Waals surface area contributed by atoms with Crippen LogP contribution in [-0.4, -0.2) is 44.9 Å². The lowest BCUT2D eigenvalue weighted by Crippen LogP contribution is -2.45. The van der Waals surface area contributed by atoms with E-state index in [1.807, 2.05) is 48.5 Å². The number of rotatable bonds is 14. The summed E-state index contributed by atoms with van der Waals surface area (Å²) in [6, 6.07) is 18.3. The van der Waals surface area contributed by atoms with Crippen molar-refractivity contribution in [3.63, 3.8) is 0 Å². The topological polar surface area (TPSA) is 67.2 Å². The summed E-state index contributed by atoms with van der Waals surface area (Å²) in [7, 11) is 0. The maximum atomic E-state index is 13.5. The molecule has 0 radical (unpaired) electrons. The van der Waals surface area contributed by atoms with E-state index in [1.54, 1.807) is 0 Å². The highest BCUT2D eigenvalue weighted by Gasteiger charge is 2.25. The zero-order valence-electron chi connectivity index (χ0n) is 22.4. The fourth-order valence-corrected chi connectivity index (χ4v) is 4.69. The highest BCUT2D eigenvalue weighted by molar-refractivity contribution is 5.81. The molecule has 36 heavy (non-hydrogen) atoms. The lowest BCUT2D eigenvalue weighted by molar-refractivity contribution is -0.136. The van der Waals surface area contributed by atoms with Crippen LogP contribution in [0.3, 0.4) is 0 Å². The number of nitrogens with one attached hydrogen (secondary N) is 1. The fourth-order valence-electron chi connectivity index (χ4n) is 4.69. The molecule has 3 rings (SSSR count). The Morgan fingerprint density at radius 2 is 1.58 bits per heavy atom. The monoisotopic (exact) mass is 490 g/mol. The van der Waals surface area contributed by atoms with Crippen LogP contribution < -0.4 is 5.32 Å². The van der Waals surface area contributed by atoms with Gasteiger partial charge in [0.2, 0.25) is 11.8 Å². The first kappa shape index (κ1) is 27.4. The van der Waals surface area contributed by atoms with Gasteiger partial charge in [0.25, 0.3) is 0 Å². The molecule has 194 valence electrons. The van der Waals surface area contributed by atoms with Crippen molar-refractivity contribution >= 4 is 22.8 Å². The number of carbonyl (C=O) groups excluding carboxylic acids is 2. The number of amides is 2. The molecule has 0 saturated carbocycles. The van der Waals surface area contributed by atoms with E-state index in [4.69, 9.17) is 4.98 Å². The molecule has 6 nitrogen and oxygen atoms in total. The van der Waals surface area contributed by atoms with E-state index in [1.165, 1.54) is 0 Å². The molecule has 1 heterocycles. The summed E-state index contributed by atoms with van der Waals surface area (Å²) < 4.78 is 2.11. The summed E-state index contributed by atoms with van der Waals surface area (Å²) in [4.78, 5) is 32.5. The Labute approximate surface area is 216 Å². The molecule has 0 spiro atoms. The van der Waals surface area contributed by atoms with Gasteiger partial charge in [0.05, 0.1) is 17.5 Å². The van der Waals surface area contributed by atoms with Crippen LogP contribution in [-0.2, 0) is 29.0 Å². The van der Waals surface area contributed by atoms with Crippen LogP contribution in [0.2, 0.25) is 0 Å². The van der Waals surface area contributed by atoms with E-state index >= 15 is 0 Å². The second-order valence-corrected chi connectivity index (χ2v) is 9.74. The smallest absolute Gasteiger partial charge is 0.243 e. The minimum absolute atomic E-state index is 0.0636. The van der Waals surface area contributed by atoms with E-state index in [0.29, 0.717) is 19.5 Å². The Bertz CT molecular complexity index is 1100. The van der Waals surface area contributed by atoms with Gasteiger partial charge in [0, 0.05) is 25.0 Å². The first-order chi connectivity index (χ1) is 17.4. The Balaban J connectivity index is 1.56.